The summed E-state index contributed by atoms with van der Waals surface area (Å²) in [6.45, 7) is 5.43. The first-order chi connectivity index (χ1) is 8.11. The molecule has 1 aliphatic carbocycles. The van der Waals surface area contributed by atoms with Gasteiger partial charge in [-0.05, 0) is 50.4 Å². The maximum Gasteiger partial charge on any atom is 0.0685 e. The zero-order valence-electron chi connectivity index (χ0n) is 11.4. The van der Waals surface area contributed by atoms with Gasteiger partial charge in [0.15, 0.2) is 0 Å². The molecule has 0 amide bonds. The van der Waals surface area contributed by atoms with E-state index < -0.39 is 0 Å². The van der Waals surface area contributed by atoms with Crippen molar-refractivity contribution < 1.29 is 4.74 Å². The van der Waals surface area contributed by atoms with Crippen molar-refractivity contribution in [2.24, 2.45) is 11.8 Å². The van der Waals surface area contributed by atoms with E-state index in [9.17, 15) is 0 Å². The summed E-state index contributed by atoms with van der Waals surface area (Å²) in [7, 11) is 0. The Labute approximate surface area is 111 Å². The first-order valence-electron chi connectivity index (χ1n) is 7.39. The molecule has 0 radical (unpaired) electrons. The van der Waals surface area contributed by atoms with Crippen molar-refractivity contribution in [3.63, 3.8) is 0 Å². The van der Waals surface area contributed by atoms with Crippen molar-refractivity contribution in [1.29, 1.82) is 0 Å². The molecule has 0 bridgehead atoms. The number of hydrogen-bond acceptors (Lipinski definition) is 1. The van der Waals surface area contributed by atoms with Crippen LogP contribution in [0.25, 0.3) is 0 Å². The normalized spacial score (nSPS) is 30.0. The van der Waals surface area contributed by atoms with Gasteiger partial charge in [-0.2, -0.15) is 0 Å². The minimum Gasteiger partial charge on any atom is -0.375 e. The fourth-order valence-electron chi connectivity index (χ4n) is 3.47. The SMILES string of the molecule is CC(C)C(Cl)CCC1CCOC2(CCCC2)C1. The molecule has 1 spiro atoms. The Kier molecular flexibility index (Phi) is 4.77. The molecule has 2 aliphatic rings. The maximum atomic E-state index is 6.35. The zero-order valence-corrected chi connectivity index (χ0v) is 12.1. The van der Waals surface area contributed by atoms with Crippen LogP contribution in [0, 0.1) is 11.8 Å². The predicted molar refractivity (Wildman–Crippen MR) is 73.6 cm³/mol. The minimum atomic E-state index is 0.280. The summed E-state index contributed by atoms with van der Waals surface area (Å²) in [5.41, 5.74) is 0.280. The molecule has 1 saturated heterocycles. The summed E-state index contributed by atoms with van der Waals surface area (Å²) in [5.74, 6) is 1.47. The molecule has 1 heterocycles. The van der Waals surface area contributed by atoms with Crippen molar-refractivity contribution in [3.05, 3.63) is 0 Å². The van der Waals surface area contributed by atoms with E-state index in [1.54, 1.807) is 0 Å². The molecular formula is C15H27ClO. The van der Waals surface area contributed by atoms with E-state index in [2.05, 4.69) is 13.8 Å². The molecule has 0 N–H and O–H groups in total. The number of alkyl halides is 1. The quantitative estimate of drug-likeness (QED) is 0.660. The van der Waals surface area contributed by atoms with Crippen LogP contribution >= 0.6 is 11.6 Å². The third-order valence-corrected chi connectivity index (χ3v) is 5.41. The number of halogens is 1. The summed E-state index contributed by atoms with van der Waals surface area (Å²) in [5, 5.41) is 0.359. The molecule has 1 saturated carbocycles. The number of ether oxygens (including phenoxy) is 1. The smallest absolute Gasteiger partial charge is 0.0685 e. The summed E-state index contributed by atoms with van der Waals surface area (Å²) >= 11 is 6.35. The predicted octanol–water partition coefficient (Wildman–Crippen LogP) is 4.77. The lowest BCUT2D eigenvalue weighted by Crippen LogP contribution is -2.37. The van der Waals surface area contributed by atoms with Crippen LogP contribution in [-0.4, -0.2) is 17.6 Å². The van der Waals surface area contributed by atoms with Crippen molar-refractivity contribution >= 4 is 11.6 Å². The largest absolute Gasteiger partial charge is 0.375 e. The van der Waals surface area contributed by atoms with Gasteiger partial charge >= 0.3 is 0 Å². The van der Waals surface area contributed by atoms with E-state index in [1.807, 2.05) is 0 Å². The highest BCUT2D eigenvalue weighted by atomic mass is 35.5. The summed E-state index contributed by atoms with van der Waals surface area (Å²) in [6, 6.07) is 0. The molecule has 2 atom stereocenters. The molecular weight excluding hydrogens is 232 g/mol. The second-order valence-electron chi connectivity index (χ2n) is 6.43. The Hall–Kier alpha value is 0.250. The van der Waals surface area contributed by atoms with E-state index in [0.29, 0.717) is 11.3 Å². The Morgan fingerprint density at radius 2 is 2.00 bits per heavy atom. The Morgan fingerprint density at radius 1 is 1.29 bits per heavy atom. The Bertz CT molecular complexity index is 233. The third-order valence-electron chi connectivity index (χ3n) is 4.68. The van der Waals surface area contributed by atoms with Crippen LogP contribution in [0.4, 0.5) is 0 Å². The van der Waals surface area contributed by atoms with Crippen LogP contribution in [0.1, 0.15) is 65.2 Å². The molecule has 2 heteroatoms. The van der Waals surface area contributed by atoms with Crippen LogP contribution in [0.15, 0.2) is 0 Å². The van der Waals surface area contributed by atoms with Gasteiger partial charge in [0.25, 0.3) is 0 Å². The lowest BCUT2D eigenvalue weighted by Gasteiger charge is -2.38. The first-order valence-corrected chi connectivity index (χ1v) is 7.83. The van der Waals surface area contributed by atoms with Crippen molar-refractivity contribution in [2.75, 3.05) is 6.61 Å². The molecule has 100 valence electrons. The van der Waals surface area contributed by atoms with Gasteiger partial charge in [-0.25, -0.2) is 0 Å². The topological polar surface area (TPSA) is 9.23 Å². The van der Waals surface area contributed by atoms with Gasteiger partial charge in [0.05, 0.1) is 5.60 Å². The van der Waals surface area contributed by atoms with Crippen LogP contribution in [0.2, 0.25) is 0 Å². The van der Waals surface area contributed by atoms with Gasteiger partial charge in [-0.1, -0.05) is 26.7 Å². The lowest BCUT2D eigenvalue weighted by molar-refractivity contribution is -0.0939. The average Bonchev–Trinajstić information content (AvgIpc) is 2.74. The first kappa shape index (κ1) is 13.7. The van der Waals surface area contributed by atoms with Crippen LogP contribution in [0.5, 0.6) is 0 Å². The second kappa shape index (κ2) is 5.93. The molecule has 0 aromatic heterocycles. The fraction of sp³-hybridized carbons (Fsp3) is 1.00. The van der Waals surface area contributed by atoms with Crippen LogP contribution in [0.3, 0.4) is 0 Å². The van der Waals surface area contributed by atoms with Gasteiger partial charge < -0.3 is 4.74 Å². The maximum absolute atomic E-state index is 6.35. The van der Waals surface area contributed by atoms with Gasteiger partial charge in [0, 0.05) is 12.0 Å². The molecule has 2 fully saturated rings. The Morgan fingerprint density at radius 3 is 2.65 bits per heavy atom. The van der Waals surface area contributed by atoms with E-state index in [4.69, 9.17) is 16.3 Å². The monoisotopic (exact) mass is 258 g/mol. The average molecular weight is 259 g/mol. The molecule has 1 nitrogen and oxygen atoms in total. The highest BCUT2D eigenvalue weighted by Crippen LogP contribution is 2.43. The zero-order chi connectivity index (χ0) is 12.3. The molecule has 2 rings (SSSR count). The number of hydrogen-bond donors (Lipinski definition) is 0. The number of rotatable bonds is 4. The minimum absolute atomic E-state index is 0.280. The van der Waals surface area contributed by atoms with Crippen molar-refractivity contribution in [3.8, 4) is 0 Å². The van der Waals surface area contributed by atoms with Gasteiger partial charge in [-0.15, -0.1) is 11.6 Å². The summed E-state index contributed by atoms with van der Waals surface area (Å²) in [6.07, 6.45) is 10.4. The molecule has 1 aliphatic heterocycles. The standard InChI is InChI=1S/C15H27ClO/c1-12(2)14(16)6-5-13-7-10-17-15(11-13)8-3-4-9-15/h12-14H,3-11H2,1-2H3. The second-order valence-corrected chi connectivity index (χ2v) is 7.00. The van der Waals surface area contributed by atoms with Crippen molar-refractivity contribution in [2.45, 2.75) is 76.2 Å². The van der Waals surface area contributed by atoms with Gasteiger partial charge in [0.2, 0.25) is 0 Å². The van der Waals surface area contributed by atoms with E-state index >= 15 is 0 Å². The third kappa shape index (κ3) is 3.61. The van der Waals surface area contributed by atoms with Crippen LogP contribution in [-0.2, 0) is 4.74 Å². The highest BCUT2D eigenvalue weighted by molar-refractivity contribution is 6.20. The van der Waals surface area contributed by atoms with Crippen molar-refractivity contribution in [1.82, 2.24) is 0 Å². The summed E-state index contributed by atoms with van der Waals surface area (Å²) < 4.78 is 6.08. The highest BCUT2D eigenvalue weighted by Gasteiger charge is 2.39. The lowest BCUT2D eigenvalue weighted by atomic mass is 9.81. The van der Waals surface area contributed by atoms with Gasteiger partial charge in [0.1, 0.15) is 0 Å². The van der Waals surface area contributed by atoms with E-state index in [-0.39, 0.29) is 5.60 Å². The van der Waals surface area contributed by atoms with E-state index in [0.717, 1.165) is 12.5 Å². The molecule has 0 aromatic carbocycles. The Balaban J connectivity index is 1.77. The van der Waals surface area contributed by atoms with Crippen LogP contribution < -0.4 is 0 Å². The summed E-state index contributed by atoms with van der Waals surface area (Å²) in [4.78, 5) is 0. The molecule has 2 unspecified atom stereocenters. The molecule has 17 heavy (non-hydrogen) atoms. The van der Waals surface area contributed by atoms with E-state index in [1.165, 1.54) is 51.4 Å². The van der Waals surface area contributed by atoms with Gasteiger partial charge in [-0.3, -0.25) is 0 Å². The fourth-order valence-corrected chi connectivity index (χ4v) is 3.60. The molecule has 0 aromatic rings.